The second-order valence-corrected chi connectivity index (χ2v) is 11.0. The molecule has 2 radical (unpaired) electrons. The number of aryl methyl sites for hydroxylation is 6. The third-order valence-corrected chi connectivity index (χ3v) is 7.75. The molecule has 0 unspecified atom stereocenters. The van der Waals surface area contributed by atoms with Crippen molar-refractivity contribution >= 4 is 23.6 Å². The molecule has 2 saturated heterocycles. The minimum absolute atomic E-state index is 0. The van der Waals surface area contributed by atoms with Gasteiger partial charge in [0.05, 0.1) is 11.8 Å². The first-order chi connectivity index (χ1) is 18.1. The van der Waals surface area contributed by atoms with E-state index in [0.29, 0.717) is 0 Å². The van der Waals surface area contributed by atoms with Gasteiger partial charge < -0.3 is 22.3 Å². The Hall–Kier alpha value is -1.85. The van der Waals surface area contributed by atoms with Gasteiger partial charge in [0.2, 0.25) is 5.41 Å². The molecule has 6 nitrogen and oxygen atoms in total. The monoisotopic (exact) mass is 734 g/mol. The van der Waals surface area contributed by atoms with Crippen LogP contribution in [0, 0.1) is 54.4 Å². The van der Waals surface area contributed by atoms with Crippen LogP contribution < -0.4 is 0 Å². The Morgan fingerprint density at radius 2 is 0.884 bits per heavy atom. The Balaban J connectivity index is 0. The van der Waals surface area contributed by atoms with E-state index < -0.39 is 29.0 Å². The number of benzene rings is 3. The molecule has 4 amide bonds. The minimum Gasteiger partial charge on any atom is -0.592 e. The number of carbonyl (C=O) groups is 4. The Morgan fingerprint density at radius 1 is 0.605 bits per heavy atom. The molecule has 0 saturated carbocycles. The average molecular weight is 735 g/mol. The van der Waals surface area contributed by atoms with E-state index in [9.17, 15) is 19.2 Å². The molecule has 2 fully saturated rings. The first kappa shape index (κ1) is 43.3. The van der Waals surface area contributed by atoms with Crippen LogP contribution in [-0.2, 0) is 90.0 Å². The summed E-state index contributed by atoms with van der Waals surface area (Å²) in [5.41, 5.74) is 8.95. The summed E-state index contributed by atoms with van der Waals surface area (Å²) < 4.78 is 0. The van der Waals surface area contributed by atoms with Gasteiger partial charge in [0, 0.05) is 77.9 Å². The number of amides is 4. The van der Waals surface area contributed by atoms with Gasteiger partial charge in [-0.05, 0) is 74.9 Å². The summed E-state index contributed by atoms with van der Waals surface area (Å²) >= 11 is 0. The van der Waals surface area contributed by atoms with E-state index in [1.807, 2.05) is 0 Å². The number of hydrogen-bond donors (Lipinski definition) is 0. The fraction of sp³-hybridized carbons (Fsp3) is 0.343. The number of hydrogen-bond acceptors (Lipinski definition) is 4. The second kappa shape index (κ2) is 17.0. The number of β-lactam (4-membered cyclic amide) rings is 4. The van der Waals surface area contributed by atoms with Crippen LogP contribution >= 0.6 is 0 Å². The molecule has 0 atom stereocenters. The molecule has 0 aromatic heterocycles. The van der Waals surface area contributed by atoms with Gasteiger partial charge >= 0.3 is 0 Å². The Labute approximate surface area is 308 Å². The van der Waals surface area contributed by atoms with Gasteiger partial charge in [0.1, 0.15) is 0 Å². The maximum absolute atomic E-state index is 11.0. The SMILES string of the molecule is C.CN1C(=O)C2(C(=O)[N-]C2=O)C1=O.Cc1cc(C)c(C)cc1C.Cc1ccc(C(C)(C)c2ccc(C)cc2)cc1.[CH3-].[Y].[Y]. The maximum Gasteiger partial charge on any atom is 0.256 e. The molecule has 3 aromatic carbocycles. The van der Waals surface area contributed by atoms with E-state index in [0.717, 1.165) is 4.90 Å². The van der Waals surface area contributed by atoms with Crippen molar-refractivity contribution in [3.8, 4) is 0 Å². The average Bonchev–Trinajstić information content (AvgIpc) is 2.89. The van der Waals surface area contributed by atoms with E-state index in [2.05, 4.69) is 121 Å². The van der Waals surface area contributed by atoms with Crippen molar-refractivity contribution in [2.75, 3.05) is 7.05 Å². The molecule has 0 bridgehead atoms. The van der Waals surface area contributed by atoms with Gasteiger partial charge in [-0.2, -0.15) is 0 Å². The quantitative estimate of drug-likeness (QED) is 0.161. The summed E-state index contributed by atoms with van der Waals surface area (Å²) in [7, 11) is 1.22. The van der Waals surface area contributed by atoms with Crippen molar-refractivity contribution in [2.24, 2.45) is 5.41 Å². The molecule has 2 aliphatic heterocycles. The van der Waals surface area contributed by atoms with Crippen LogP contribution in [0.5, 0.6) is 0 Å². The zero-order chi connectivity index (χ0) is 29.3. The molecule has 0 aliphatic carbocycles. The van der Waals surface area contributed by atoms with Gasteiger partial charge in [-0.1, -0.05) is 93.1 Å². The summed E-state index contributed by atoms with van der Waals surface area (Å²) in [5, 5.41) is 2.89. The van der Waals surface area contributed by atoms with Crippen LogP contribution in [0.4, 0.5) is 0 Å². The molecular formula is C35H44N2O4Y2-2. The number of rotatable bonds is 2. The molecule has 2 heterocycles. The normalized spacial score (nSPS) is 13.9. The Bertz CT molecular complexity index is 1320. The molecule has 3 aromatic rings. The first-order valence-corrected chi connectivity index (χ1v) is 13.0. The summed E-state index contributed by atoms with van der Waals surface area (Å²) in [6.07, 6.45) is 0. The van der Waals surface area contributed by atoms with Crippen LogP contribution in [0.3, 0.4) is 0 Å². The third kappa shape index (κ3) is 8.66. The van der Waals surface area contributed by atoms with Crippen molar-refractivity contribution in [2.45, 2.75) is 68.2 Å². The van der Waals surface area contributed by atoms with Crippen LogP contribution in [-0.4, -0.2) is 35.6 Å². The molecule has 5 rings (SSSR count). The van der Waals surface area contributed by atoms with Gasteiger partial charge in [-0.25, -0.2) is 0 Å². The van der Waals surface area contributed by atoms with Crippen LogP contribution in [0.15, 0.2) is 60.7 Å². The molecule has 0 N–H and O–H groups in total. The Morgan fingerprint density at radius 3 is 1.12 bits per heavy atom. The summed E-state index contributed by atoms with van der Waals surface area (Å²) in [6.45, 7) is 17.4. The summed E-state index contributed by atoms with van der Waals surface area (Å²) in [6, 6.07) is 22.1. The number of nitrogens with zero attached hydrogens (tertiary/aromatic N) is 2. The molecule has 2 aliphatic rings. The predicted octanol–water partition coefficient (Wildman–Crippen LogP) is 7.04. The first-order valence-electron chi connectivity index (χ1n) is 13.0. The number of imide groups is 2. The molecule has 226 valence electrons. The molecular weight excluding hydrogens is 690 g/mol. The van der Waals surface area contributed by atoms with Crippen LogP contribution in [0.1, 0.15) is 65.8 Å². The molecule has 8 heteroatoms. The van der Waals surface area contributed by atoms with Crippen molar-refractivity contribution < 1.29 is 84.6 Å². The zero-order valence-corrected chi connectivity index (χ0v) is 32.1. The van der Waals surface area contributed by atoms with Gasteiger partial charge in [0.25, 0.3) is 11.8 Å². The van der Waals surface area contributed by atoms with Gasteiger partial charge in [-0.3, -0.25) is 14.5 Å². The molecule has 1 spiro atoms. The van der Waals surface area contributed by atoms with Crippen LogP contribution in [0.2, 0.25) is 0 Å². The van der Waals surface area contributed by atoms with Crippen molar-refractivity contribution in [1.29, 1.82) is 0 Å². The number of carbonyl (C=O) groups excluding carboxylic acids is 4. The van der Waals surface area contributed by atoms with Crippen molar-refractivity contribution in [3.63, 3.8) is 0 Å². The molecule has 43 heavy (non-hydrogen) atoms. The number of likely N-dealkylation sites (tertiary alicyclic amines) is 1. The summed E-state index contributed by atoms with van der Waals surface area (Å²) in [5.74, 6) is -3.39. The van der Waals surface area contributed by atoms with Gasteiger partial charge in [-0.15, -0.1) is 0 Å². The smallest absolute Gasteiger partial charge is 0.256 e. The van der Waals surface area contributed by atoms with Crippen molar-refractivity contribution in [1.82, 2.24) is 4.90 Å². The largest absolute Gasteiger partial charge is 0.592 e. The van der Waals surface area contributed by atoms with E-state index in [1.165, 1.54) is 51.6 Å². The zero-order valence-electron chi connectivity index (χ0n) is 26.5. The van der Waals surface area contributed by atoms with E-state index >= 15 is 0 Å². The Kier molecular flexibility index (Phi) is 17.1. The maximum atomic E-state index is 11.0. The topological polar surface area (TPSA) is 85.6 Å². The van der Waals surface area contributed by atoms with Gasteiger partial charge in [0.15, 0.2) is 0 Å². The van der Waals surface area contributed by atoms with E-state index in [4.69, 9.17) is 0 Å². The van der Waals surface area contributed by atoms with E-state index in [1.54, 1.807) is 0 Å². The fourth-order valence-electron chi connectivity index (χ4n) is 4.51. The second-order valence-electron chi connectivity index (χ2n) is 11.0. The van der Waals surface area contributed by atoms with Crippen LogP contribution in [0.25, 0.3) is 5.32 Å². The minimum atomic E-state index is -2.05. The van der Waals surface area contributed by atoms with Crippen molar-refractivity contribution in [3.05, 3.63) is 118 Å². The van der Waals surface area contributed by atoms with E-state index in [-0.39, 0.29) is 85.7 Å². The third-order valence-electron chi connectivity index (χ3n) is 7.75. The predicted molar refractivity (Wildman–Crippen MR) is 167 cm³/mol. The fourth-order valence-corrected chi connectivity index (χ4v) is 4.51. The standard InChI is InChI=1S/C17H20.C10H14.C6H4N2O4.CH4.CH3.2Y/c1-13-5-9-15(10-6-13)17(3,4)16-11-7-14(2)8-12-16;1-7-5-9(3)10(4)6-8(7)2;1-8-4(11)6(5(8)12)2(9)7-3(6)10;;;;/h5-12H,1-4H3;5-6H,1-4H3;1H3,(H,7,9,10);1H4;1H3;;/q;;;;-1;;/p-1. The summed E-state index contributed by atoms with van der Waals surface area (Å²) in [4.78, 5) is 44.3.